The second-order valence-electron chi connectivity index (χ2n) is 2.53. The van der Waals surface area contributed by atoms with Crippen LogP contribution >= 0.6 is 11.6 Å². The number of hydrogen-bond acceptors (Lipinski definition) is 5. The first kappa shape index (κ1) is 8.89. The Morgan fingerprint density at radius 2 is 2.29 bits per heavy atom. The van der Waals surface area contributed by atoms with Crippen molar-refractivity contribution in [1.29, 1.82) is 0 Å². The highest BCUT2D eigenvalue weighted by Gasteiger charge is 1.97. The Bertz CT molecular complexity index is 383. The number of anilines is 1. The molecule has 0 radical (unpaired) electrons. The number of rotatable bonds is 3. The molecule has 0 unspecified atom stereocenters. The molecule has 14 heavy (non-hydrogen) atoms. The molecule has 72 valence electrons. The molecular formula is C7H7ClN6. The van der Waals surface area contributed by atoms with Crippen molar-refractivity contribution in [1.82, 2.24) is 25.4 Å². The summed E-state index contributed by atoms with van der Waals surface area (Å²) < 4.78 is 0. The number of nitrogens with one attached hydrogen (secondary N) is 2. The van der Waals surface area contributed by atoms with Gasteiger partial charge in [0, 0.05) is 0 Å². The van der Waals surface area contributed by atoms with Gasteiger partial charge in [-0.05, 0) is 12.1 Å². The SMILES string of the molecule is Clc1ccc(NCc2ncn[nH]2)nn1. The first-order chi connectivity index (χ1) is 6.84. The van der Waals surface area contributed by atoms with Gasteiger partial charge in [-0.1, -0.05) is 11.6 Å². The fourth-order valence-electron chi connectivity index (χ4n) is 0.901. The van der Waals surface area contributed by atoms with Gasteiger partial charge in [0.05, 0.1) is 6.54 Å². The van der Waals surface area contributed by atoms with Crippen molar-refractivity contribution >= 4 is 17.4 Å². The normalized spacial score (nSPS) is 10.1. The van der Waals surface area contributed by atoms with Gasteiger partial charge in [0.15, 0.2) is 5.15 Å². The number of halogens is 1. The highest BCUT2D eigenvalue weighted by Crippen LogP contribution is 2.06. The maximum absolute atomic E-state index is 5.58. The number of H-pyrrole nitrogens is 1. The van der Waals surface area contributed by atoms with Crippen molar-refractivity contribution in [2.75, 3.05) is 5.32 Å². The lowest BCUT2D eigenvalue weighted by Gasteiger charge is -2.00. The standard InChI is InChI=1S/C7H7ClN6/c8-5-1-2-6(14-12-5)9-3-7-10-4-11-13-7/h1-2,4H,3H2,(H,9,14)(H,10,11,13). The van der Waals surface area contributed by atoms with Gasteiger partial charge in [-0.15, -0.1) is 10.2 Å². The van der Waals surface area contributed by atoms with Gasteiger partial charge in [-0.3, -0.25) is 5.10 Å². The summed E-state index contributed by atoms with van der Waals surface area (Å²) >= 11 is 5.58. The van der Waals surface area contributed by atoms with Crippen LogP contribution in [0.2, 0.25) is 5.15 Å². The van der Waals surface area contributed by atoms with E-state index in [1.165, 1.54) is 6.33 Å². The van der Waals surface area contributed by atoms with Crippen molar-refractivity contribution in [3.8, 4) is 0 Å². The fraction of sp³-hybridized carbons (Fsp3) is 0.143. The van der Waals surface area contributed by atoms with Gasteiger partial charge in [0.1, 0.15) is 18.0 Å². The van der Waals surface area contributed by atoms with E-state index in [9.17, 15) is 0 Å². The Kier molecular flexibility index (Phi) is 2.55. The van der Waals surface area contributed by atoms with Crippen molar-refractivity contribution < 1.29 is 0 Å². The molecule has 0 amide bonds. The number of aromatic amines is 1. The molecule has 2 aromatic rings. The van der Waals surface area contributed by atoms with Crippen molar-refractivity contribution in [3.63, 3.8) is 0 Å². The zero-order valence-corrected chi connectivity index (χ0v) is 7.86. The van der Waals surface area contributed by atoms with Crippen molar-refractivity contribution in [2.45, 2.75) is 6.54 Å². The summed E-state index contributed by atoms with van der Waals surface area (Å²) in [6.45, 7) is 0.524. The zero-order chi connectivity index (χ0) is 9.80. The molecule has 0 aliphatic carbocycles. The smallest absolute Gasteiger partial charge is 0.151 e. The highest BCUT2D eigenvalue weighted by atomic mass is 35.5. The van der Waals surface area contributed by atoms with Crippen LogP contribution in [0.5, 0.6) is 0 Å². The molecule has 7 heteroatoms. The van der Waals surface area contributed by atoms with E-state index in [2.05, 4.69) is 30.7 Å². The number of aromatic nitrogens is 5. The Morgan fingerprint density at radius 3 is 2.93 bits per heavy atom. The highest BCUT2D eigenvalue weighted by molar-refractivity contribution is 6.29. The molecule has 0 saturated heterocycles. The monoisotopic (exact) mass is 210 g/mol. The lowest BCUT2D eigenvalue weighted by Crippen LogP contribution is -2.03. The number of nitrogens with zero attached hydrogens (tertiary/aromatic N) is 4. The zero-order valence-electron chi connectivity index (χ0n) is 7.11. The van der Waals surface area contributed by atoms with Gasteiger partial charge < -0.3 is 5.32 Å². The van der Waals surface area contributed by atoms with Crippen LogP contribution in [0.15, 0.2) is 18.5 Å². The van der Waals surface area contributed by atoms with Crippen molar-refractivity contribution in [3.05, 3.63) is 29.4 Å². The summed E-state index contributed by atoms with van der Waals surface area (Å²) in [5, 5.41) is 17.3. The quantitative estimate of drug-likeness (QED) is 0.786. The predicted molar refractivity (Wildman–Crippen MR) is 50.8 cm³/mol. The maximum Gasteiger partial charge on any atom is 0.151 e. The maximum atomic E-state index is 5.58. The third-order valence-electron chi connectivity index (χ3n) is 1.53. The summed E-state index contributed by atoms with van der Waals surface area (Å²) in [6, 6.07) is 3.41. The Labute approximate surface area is 84.7 Å². The fourth-order valence-corrected chi connectivity index (χ4v) is 1.00. The van der Waals surface area contributed by atoms with Crippen LogP contribution in [-0.4, -0.2) is 25.4 Å². The largest absolute Gasteiger partial charge is 0.361 e. The second kappa shape index (κ2) is 4.01. The summed E-state index contributed by atoms with van der Waals surface area (Å²) in [6.07, 6.45) is 1.45. The van der Waals surface area contributed by atoms with Crippen LogP contribution in [0.3, 0.4) is 0 Å². The van der Waals surface area contributed by atoms with Gasteiger partial charge in [-0.2, -0.15) is 5.10 Å². The van der Waals surface area contributed by atoms with Crippen LogP contribution in [0.25, 0.3) is 0 Å². The molecule has 2 rings (SSSR count). The van der Waals surface area contributed by atoms with E-state index < -0.39 is 0 Å². The van der Waals surface area contributed by atoms with E-state index in [1.807, 2.05) is 0 Å². The average molecular weight is 211 g/mol. The third kappa shape index (κ3) is 2.17. The van der Waals surface area contributed by atoms with Crippen molar-refractivity contribution in [2.24, 2.45) is 0 Å². The van der Waals surface area contributed by atoms with E-state index in [-0.39, 0.29) is 0 Å². The molecule has 0 atom stereocenters. The molecule has 0 bridgehead atoms. The molecule has 2 aromatic heterocycles. The lowest BCUT2D eigenvalue weighted by molar-refractivity contribution is 0.930. The minimum absolute atomic E-state index is 0.371. The second-order valence-corrected chi connectivity index (χ2v) is 2.91. The topological polar surface area (TPSA) is 79.4 Å². The predicted octanol–water partition coefficient (Wildman–Crippen LogP) is 0.860. The Balaban J connectivity index is 1.95. The summed E-state index contributed by atoms with van der Waals surface area (Å²) in [7, 11) is 0. The van der Waals surface area contributed by atoms with E-state index in [0.717, 1.165) is 5.82 Å². The molecule has 0 spiro atoms. The van der Waals surface area contributed by atoms with Crippen LogP contribution in [-0.2, 0) is 6.54 Å². The Morgan fingerprint density at radius 1 is 1.36 bits per heavy atom. The first-order valence-corrected chi connectivity index (χ1v) is 4.30. The summed E-state index contributed by atoms with van der Waals surface area (Å²) in [5.74, 6) is 1.38. The van der Waals surface area contributed by atoms with Crippen LogP contribution < -0.4 is 5.32 Å². The molecule has 2 N–H and O–H groups in total. The van der Waals surface area contributed by atoms with E-state index in [4.69, 9.17) is 11.6 Å². The third-order valence-corrected chi connectivity index (χ3v) is 1.74. The van der Waals surface area contributed by atoms with Crippen LogP contribution in [0.1, 0.15) is 5.82 Å². The minimum atomic E-state index is 0.371. The molecule has 0 fully saturated rings. The lowest BCUT2D eigenvalue weighted by atomic mass is 10.5. The minimum Gasteiger partial charge on any atom is -0.361 e. The van der Waals surface area contributed by atoms with Gasteiger partial charge in [0.25, 0.3) is 0 Å². The van der Waals surface area contributed by atoms with Gasteiger partial charge in [-0.25, -0.2) is 4.98 Å². The van der Waals surface area contributed by atoms with E-state index >= 15 is 0 Å². The molecule has 0 aliphatic rings. The summed E-state index contributed by atoms with van der Waals surface area (Å²) in [5.41, 5.74) is 0. The van der Waals surface area contributed by atoms with E-state index in [0.29, 0.717) is 17.5 Å². The summed E-state index contributed by atoms with van der Waals surface area (Å²) in [4.78, 5) is 3.95. The molecule has 0 aromatic carbocycles. The van der Waals surface area contributed by atoms with Gasteiger partial charge >= 0.3 is 0 Å². The average Bonchev–Trinajstić information content (AvgIpc) is 2.70. The number of hydrogen-bond donors (Lipinski definition) is 2. The first-order valence-electron chi connectivity index (χ1n) is 3.92. The van der Waals surface area contributed by atoms with Crippen LogP contribution in [0, 0.1) is 0 Å². The molecule has 6 nitrogen and oxygen atoms in total. The molecule has 0 saturated carbocycles. The van der Waals surface area contributed by atoms with E-state index in [1.54, 1.807) is 12.1 Å². The molecule has 0 aliphatic heterocycles. The molecular weight excluding hydrogens is 204 g/mol. The van der Waals surface area contributed by atoms with Gasteiger partial charge in [0.2, 0.25) is 0 Å². The Hall–Kier alpha value is -1.69. The van der Waals surface area contributed by atoms with Crippen LogP contribution in [0.4, 0.5) is 5.82 Å². The molecule has 2 heterocycles.